The number of rotatable bonds is 9. The van der Waals surface area contributed by atoms with E-state index in [0.717, 1.165) is 5.56 Å². The Hall–Kier alpha value is -2.46. The summed E-state index contributed by atoms with van der Waals surface area (Å²) in [5.41, 5.74) is 3.24. The molecule has 2 aromatic carbocycles. The van der Waals surface area contributed by atoms with Crippen LogP contribution in [0.15, 0.2) is 60.7 Å². The van der Waals surface area contributed by atoms with Crippen LogP contribution in [0, 0.1) is 0 Å². The van der Waals surface area contributed by atoms with Gasteiger partial charge in [0.15, 0.2) is 4.75 Å². The van der Waals surface area contributed by atoms with Crippen molar-refractivity contribution in [1.82, 2.24) is 10.3 Å². The van der Waals surface area contributed by atoms with Gasteiger partial charge in [0.05, 0.1) is 13.2 Å². The molecule has 3 rings (SSSR count). The predicted molar refractivity (Wildman–Crippen MR) is 116 cm³/mol. The maximum Gasteiger partial charge on any atom is 0.257 e. The molecule has 0 aromatic heterocycles. The molecular weight excluding hydrogens is 404 g/mol. The minimum atomic E-state index is -4.15. The van der Waals surface area contributed by atoms with Gasteiger partial charge in [-0.1, -0.05) is 48.5 Å². The Kier molecular flexibility index (Phi) is 7.43. The first-order valence-electron chi connectivity index (χ1n) is 9.89. The number of nitrogens with two attached hydrogens (primary N) is 1. The highest BCUT2D eigenvalue weighted by molar-refractivity contribution is 7.94. The van der Waals surface area contributed by atoms with Crippen LogP contribution in [-0.2, 0) is 26.0 Å². The Morgan fingerprint density at radius 3 is 2.23 bits per heavy atom. The van der Waals surface area contributed by atoms with E-state index in [2.05, 4.69) is 15.0 Å². The van der Waals surface area contributed by atoms with Crippen molar-refractivity contribution >= 4 is 21.6 Å². The largest absolute Gasteiger partial charge is 0.379 e. The van der Waals surface area contributed by atoms with Crippen LogP contribution >= 0.6 is 0 Å². The van der Waals surface area contributed by atoms with Gasteiger partial charge in [-0.15, -0.1) is 0 Å². The maximum absolute atomic E-state index is 13.6. The molecular formula is C21H28N4O4S. The minimum Gasteiger partial charge on any atom is -0.379 e. The van der Waals surface area contributed by atoms with Crippen LogP contribution in [0.3, 0.4) is 0 Å². The van der Waals surface area contributed by atoms with Crippen molar-refractivity contribution in [3.05, 3.63) is 66.2 Å². The Morgan fingerprint density at radius 2 is 1.63 bits per heavy atom. The summed E-state index contributed by atoms with van der Waals surface area (Å²) in [4.78, 5) is 15.2. The molecule has 0 aliphatic carbocycles. The number of nitrogens with zero attached hydrogens (tertiary/aromatic N) is 1. The van der Waals surface area contributed by atoms with Crippen LogP contribution < -0.4 is 16.0 Å². The number of ether oxygens (including phenoxy) is 1. The van der Waals surface area contributed by atoms with Crippen molar-refractivity contribution in [3.63, 3.8) is 0 Å². The second-order valence-corrected chi connectivity index (χ2v) is 9.30. The molecule has 9 heteroatoms. The van der Waals surface area contributed by atoms with Gasteiger partial charge >= 0.3 is 0 Å². The number of hydrogen-bond donors (Lipinski definition) is 3. The number of para-hydroxylation sites is 1. The van der Waals surface area contributed by atoms with Crippen molar-refractivity contribution in [2.45, 2.75) is 17.6 Å². The van der Waals surface area contributed by atoms with Crippen molar-refractivity contribution in [3.8, 4) is 0 Å². The van der Waals surface area contributed by atoms with Crippen LogP contribution in [-0.4, -0.2) is 56.8 Å². The monoisotopic (exact) mass is 432 g/mol. The maximum atomic E-state index is 13.6. The van der Waals surface area contributed by atoms with Gasteiger partial charge in [0.2, 0.25) is 10.0 Å². The van der Waals surface area contributed by atoms with E-state index in [-0.39, 0.29) is 12.8 Å². The summed E-state index contributed by atoms with van der Waals surface area (Å²) in [5.74, 6) is 4.75. The molecule has 0 bridgehead atoms. The Bertz CT molecular complexity index is 919. The van der Waals surface area contributed by atoms with Gasteiger partial charge in [-0.3, -0.25) is 19.8 Å². The number of hydrogen-bond acceptors (Lipinski definition) is 6. The van der Waals surface area contributed by atoms with Crippen LogP contribution in [0.5, 0.6) is 0 Å². The molecule has 1 atom stereocenters. The molecule has 0 radical (unpaired) electrons. The van der Waals surface area contributed by atoms with Gasteiger partial charge in [-0.2, -0.15) is 0 Å². The highest BCUT2D eigenvalue weighted by Gasteiger charge is 2.50. The number of amides is 1. The van der Waals surface area contributed by atoms with Crippen molar-refractivity contribution in [2.24, 2.45) is 5.84 Å². The van der Waals surface area contributed by atoms with Crippen LogP contribution in [0.25, 0.3) is 0 Å². The fourth-order valence-corrected chi connectivity index (χ4v) is 5.27. The SMILES string of the molecule is NNC(=O)C(CCN1CCOCC1)(Cc1ccccc1)S(=O)(=O)Nc1ccccc1. The third-order valence-corrected chi connectivity index (χ3v) is 7.42. The molecule has 1 saturated heterocycles. The average Bonchev–Trinajstić information content (AvgIpc) is 2.77. The van der Waals surface area contributed by atoms with Crippen LogP contribution in [0.2, 0.25) is 0 Å². The number of nitrogens with one attached hydrogen (secondary N) is 2. The normalized spacial score (nSPS) is 17.1. The zero-order valence-electron chi connectivity index (χ0n) is 16.8. The lowest BCUT2D eigenvalue weighted by Crippen LogP contribution is -2.59. The summed E-state index contributed by atoms with van der Waals surface area (Å²) in [6, 6.07) is 17.6. The van der Waals surface area contributed by atoms with E-state index in [1.54, 1.807) is 30.3 Å². The molecule has 1 fully saturated rings. The third kappa shape index (κ3) is 5.17. The number of hydrazine groups is 1. The smallest absolute Gasteiger partial charge is 0.257 e. The van der Waals surface area contributed by atoms with E-state index < -0.39 is 20.7 Å². The zero-order chi connectivity index (χ0) is 21.5. The van der Waals surface area contributed by atoms with Crippen molar-refractivity contribution < 1.29 is 17.9 Å². The molecule has 1 unspecified atom stereocenters. The number of sulfonamides is 1. The summed E-state index contributed by atoms with van der Waals surface area (Å²) in [6.45, 7) is 2.99. The van der Waals surface area contributed by atoms with E-state index in [4.69, 9.17) is 10.6 Å². The van der Waals surface area contributed by atoms with E-state index in [9.17, 15) is 13.2 Å². The zero-order valence-corrected chi connectivity index (χ0v) is 17.6. The Labute approximate surface area is 177 Å². The Morgan fingerprint density at radius 1 is 1.03 bits per heavy atom. The van der Waals surface area contributed by atoms with Gasteiger partial charge in [0.1, 0.15) is 0 Å². The Balaban J connectivity index is 1.97. The molecule has 1 aliphatic rings. The molecule has 30 heavy (non-hydrogen) atoms. The van der Waals surface area contributed by atoms with E-state index in [1.807, 2.05) is 30.3 Å². The lowest BCUT2D eigenvalue weighted by Gasteiger charge is -2.35. The summed E-state index contributed by atoms with van der Waals surface area (Å²) in [5, 5.41) is 0. The average molecular weight is 433 g/mol. The molecule has 1 heterocycles. The number of morpholine rings is 1. The van der Waals surface area contributed by atoms with Crippen molar-refractivity contribution in [1.29, 1.82) is 0 Å². The fourth-order valence-electron chi connectivity index (χ4n) is 3.61. The molecule has 4 N–H and O–H groups in total. The van der Waals surface area contributed by atoms with Crippen molar-refractivity contribution in [2.75, 3.05) is 37.6 Å². The van der Waals surface area contributed by atoms with Gasteiger partial charge in [-0.05, 0) is 24.1 Å². The first kappa shape index (κ1) is 22.2. The van der Waals surface area contributed by atoms with Gasteiger partial charge < -0.3 is 4.74 Å². The lowest BCUT2D eigenvalue weighted by atomic mass is 9.94. The van der Waals surface area contributed by atoms with Crippen LogP contribution in [0.4, 0.5) is 5.69 Å². The quantitative estimate of drug-likeness (QED) is 0.311. The molecule has 162 valence electrons. The van der Waals surface area contributed by atoms with Gasteiger partial charge in [0, 0.05) is 31.7 Å². The highest BCUT2D eigenvalue weighted by atomic mass is 32.2. The number of benzene rings is 2. The van der Waals surface area contributed by atoms with Gasteiger partial charge in [-0.25, -0.2) is 14.3 Å². The molecule has 1 aliphatic heterocycles. The lowest BCUT2D eigenvalue weighted by molar-refractivity contribution is -0.124. The van der Waals surface area contributed by atoms with Crippen LogP contribution in [0.1, 0.15) is 12.0 Å². The summed E-state index contributed by atoms with van der Waals surface area (Å²) >= 11 is 0. The minimum absolute atomic E-state index is 0.00335. The molecule has 0 spiro atoms. The summed E-state index contributed by atoms with van der Waals surface area (Å²) in [6.07, 6.45) is 0.0937. The first-order valence-corrected chi connectivity index (χ1v) is 11.4. The predicted octanol–water partition coefficient (Wildman–Crippen LogP) is 1.12. The van der Waals surface area contributed by atoms with E-state index in [0.29, 0.717) is 38.5 Å². The number of carbonyl (C=O) groups excluding carboxylic acids is 1. The molecule has 1 amide bonds. The second kappa shape index (κ2) is 10.0. The fraction of sp³-hybridized carbons (Fsp3) is 0.381. The standard InChI is InChI=1S/C21H28N4O4S/c22-23-20(26)21(17-18-7-3-1-4-8-18,11-12-25-13-15-29-16-14-25)30(27,28)24-19-9-5-2-6-10-19/h1-10,24H,11-17,22H2,(H,23,26). The number of carbonyl (C=O) groups is 1. The second-order valence-electron chi connectivity index (χ2n) is 7.31. The summed E-state index contributed by atoms with van der Waals surface area (Å²) < 4.78 is 33.4. The van der Waals surface area contributed by atoms with E-state index >= 15 is 0 Å². The highest BCUT2D eigenvalue weighted by Crippen LogP contribution is 2.30. The third-order valence-electron chi connectivity index (χ3n) is 5.35. The first-order chi connectivity index (χ1) is 14.5. The van der Waals surface area contributed by atoms with E-state index in [1.165, 1.54) is 0 Å². The summed E-state index contributed by atoms with van der Waals surface area (Å²) in [7, 11) is -4.15. The van der Waals surface area contributed by atoms with Gasteiger partial charge in [0.25, 0.3) is 5.91 Å². The molecule has 0 saturated carbocycles. The molecule has 2 aromatic rings. The number of anilines is 1. The molecule has 8 nitrogen and oxygen atoms in total. The topological polar surface area (TPSA) is 114 Å².